The van der Waals surface area contributed by atoms with E-state index >= 15 is 0 Å². The van der Waals surface area contributed by atoms with Gasteiger partial charge in [0.15, 0.2) is 0 Å². The third kappa shape index (κ3) is 2.85. The average molecular weight is 312 g/mol. The summed E-state index contributed by atoms with van der Waals surface area (Å²) in [4.78, 5) is 24.3. The number of carbonyl (C=O) groups excluding carboxylic acids is 1. The number of carbonyl (C=O) groups is 1. The Balaban J connectivity index is 1.40. The first-order valence-electron chi connectivity index (χ1n) is 8.65. The Morgan fingerprint density at radius 1 is 1.17 bits per heavy atom. The molecule has 23 heavy (non-hydrogen) atoms. The molecular formula is C18H24N4O. The molecule has 4 rings (SSSR count). The maximum Gasteiger partial charge on any atom is 0.219 e. The van der Waals surface area contributed by atoms with Gasteiger partial charge in [-0.15, -0.1) is 0 Å². The fourth-order valence-electron chi connectivity index (χ4n) is 4.05. The zero-order chi connectivity index (χ0) is 15.8. The lowest BCUT2D eigenvalue weighted by Gasteiger charge is -2.36. The SMILES string of the molecule is CC(=O)N1CCC(N2CCC(c3nc4ccccc4[nH]3)C2)CC1. The topological polar surface area (TPSA) is 52.2 Å². The number of likely N-dealkylation sites (tertiary alicyclic amines) is 2. The Morgan fingerprint density at radius 2 is 1.96 bits per heavy atom. The predicted molar refractivity (Wildman–Crippen MR) is 90.3 cm³/mol. The zero-order valence-corrected chi connectivity index (χ0v) is 13.7. The summed E-state index contributed by atoms with van der Waals surface area (Å²) in [7, 11) is 0. The van der Waals surface area contributed by atoms with Crippen molar-refractivity contribution in [2.45, 2.75) is 38.1 Å². The molecule has 0 aliphatic carbocycles. The number of piperidine rings is 1. The Bertz CT molecular complexity index is 669. The third-order valence-electron chi connectivity index (χ3n) is 5.44. The van der Waals surface area contributed by atoms with E-state index in [0.29, 0.717) is 12.0 Å². The van der Waals surface area contributed by atoms with Crippen LogP contribution in [0.5, 0.6) is 0 Å². The first kappa shape index (κ1) is 14.7. The molecule has 2 fully saturated rings. The van der Waals surface area contributed by atoms with Crippen molar-refractivity contribution in [1.82, 2.24) is 19.8 Å². The first-order valence-corrected chi connectivity index (χ1v) is 8.65. The Kier molecular flexibility index (Phi) is 3.81. The second-order valence-corrected chi connectivity index (χ2v) is 6.86. The summed E-state index contributed by atoms with van der Waals surface area (Å²) in [5.41, 5.74) is 2.20. The van der Waals surface area contributed by atoms with Gasteiger partial charge in [-0.2, -0.15) is 0 Å². The molecule has 1 unspecified atom stereocenters. The number of para-hydroxylation sites is 2. The molecule has 2 aromatic rings. The van der Waals surface area contributed by atoms with Crippen LogP contribution in [0.4, 0.5) is 0 Å². The minimum absolute atomic E-state index is 0.213. The van der Waals surface area contributed by atoms with Crippen LogP contribution in [-0.2, 0) is 4.79 Å². The van der Waals surface area contributed by atoms with E-state index in [2.05, 4.69) is 22.0 Å². The number of hydrogen-bond donors (Lipinski definition) is 1. The zero-order valence-electron chi connectivity index (χ0n) is 13.7. The van der Waals surface area contributed by atoms with Gasteiger partial charge in [-0.05, 0) is 37.9 Å². The minimum atomic E-state index is 0.213. The largest absolute Gasteiger partial charge is 0.343 e. The molecule has 1 amide bonds. The molecule has 122 valence electrons. The number of H-pyrrole nitrogens is 1. The van der Waals surface area contributed by atoms with Crippen LogP contribution < -0.4 is 0 Å². The molecule has 5 heteroatoms. The van der Waals surface area contributed by atoms with Gasteiger partial charge in [-0.1, -0.05) is 12.1 Å². The van der Waals surface area contributed by atoms with Gasteiger partial charge in [-0.3, -0.25) is 9.69 Å². The molecule has 2 saturated heterocycles. The summed E-state index contributed by atoms with van der Waals surface area (Å²) in [5, 5.41) is 0. The highest BCUT2D eigenvalue weighted by Gasteiger charge is 2.32. The lowest BCUT2D eigenvalue weighted by Crippen LogP contribution is -2.45. The van der Waals surface area contributed by atoms with Crippen molar-refractivity contribution in [3.8, 4) is 0 Å². The van der Waals surface area contributed by atoms with Crippen LogP contribution in [0.2, 0.25) is 0 Å². The number of aromatic nitrogens is 2. The fraction of sp³-hybridized carbons (Fsp3) is 0.556. The van der Waals surface area contributed by atoms with Crippen LogP contribution in [0.25, 0.3) is 11.0 Å². The molecule has 0 radical (unpaired) electrons. The van der Waals surface area contributed by atoms with Crippen molar-refractivity contribution in [3.05, 3.63) is 30.1 Å². The lowest BCUT2D eigenvalue weighted by atomic mass is 10.0. The van der Waals surface area contributed by atoms with E-state index in [-0.39, 0.29) is 5.91 Å². The number of amides is 1. The van der Waals surface area contributed by atoms with Crippen molar-refractivity contribution in [2.24, 2.45) is 0 Å². The normalized spacial score (nSPS) is 23.7. The van der Waals surface area contributed by atoms with Gasteiger partial charge < -0.3 is 9.88 Å². The standard InChI is InChI=1S/C18H24N4O/c1-13(23)21-10-7-15(8-11-21)22-9-6-14(12-22)18-19-16-4-2-3-5-17(16)20-18/h2-5,14-15H,6-12H2,1H3,(H,19,20). The summed E-state index contributed by atoms with van der Waals surface area (Å²) in [5.74, 6) is 1.85. The van der Waals surface area contributed by atoms with E-state index in [1.54, 1.807) is 6.92 Å². The molecule has 0 spiro atoms. The van der Waals surface area contributed by atoms with Gasteiger partial charge in [0.05, 0.1) is 11.0 Å². The van der Waals surface area contributed by atoms with E-state index in [1.165, 1.54) is 6.42 Å². The Labute approximate surface area is 136 Å². The average Bonchev–Trinajstić information content (AvgIpc) is 3.21. The van der Waals surface area contributed by atoms with Crippen LogP contribution in [-0.4, -0.2) is 57.9 Å². The fourth-order valence-corrected chi connectivity index (χ4v) is 4.05. The molecule has 1 atom stereocenters. The summed E-state index contributed by atoms with van der Waals surface area (Å²) in [6, 6.07) is 8.88. The van der Waals surface area contributed by atoms with Crippen molar-refractivity contribution >= 4 is 16.9 Å². The van der Waals surface area contributed by atoms with Gasteiger partial charge in [0.25, 0.3) is 0 Å². The molecule has 0 saturated carbocycles. The van der Waals surface area contributed by atoms with E-state index in [9.17, 15) is 4.79 Å². The van der Waals surface area contributed by atoms with E-state index in [1.807, 2.05) is 17.0 Å². The van der Waals surface area contributed by atoms with Crippen molar-refractivity contribution in [3.63, 3.8) is 0 Å². The number of hydrogen-bond acceptors (Lipinski definition) is 3. The van der Waals surface area contributed by atoms with Crippen molar-refractivity contribution in [1.29, 1.82) is 0 Å². The van der Waals surface area contributed by atoms with Crippen LogP contribution in [0, 0.1) is 0 Å². The number of nitrogens with zero attached hydrogens (tertiary/aromatic N) is 3. The van der Waals surface area contributed by atoms with Crippen LogP contribution >= 0.6 is 0 Å². The highest BCUT2D eigenvalue weighted by molar-refractivity contribution is 5.75. The molecule has 2 aliphatic heterocycles. The molecule has 1 aromatic carbocycles. The number of rotatable bonds is 2. The van der Waals surface area contributed by atoms with Crippen molar-refractivity contribution in [2.75, 3.05) is 26.2 Å². The number of benzene rings is 1. The maximum absolute atomic E-state index is 11.4. The lowest BCUT2D eigenvalue weighted by molar-refractivity contribution is -0.130. The molecule has 0 bridgehead atoms. The molecule has 2 aliphatic rings. The van der Waals surface area contributed by atoms with Crippen LogP contribution in [0.3, 0.4) is 0 Å². The highest BCUT2D eigenvalue weighted by Crippen LogP contribution is 2.30. The quantitative estimate of drug-likeness (QED) is 0.926. The van der Waals surface area contributed by atoms with Gasteiger partial charge in [0.1, 0.15) is 5.82 Å². The third-order valence-corrected chi connectivity index (χ3v) is 5.44. The summed E-state index contributed by atoms with van der Waals surface area (Å²) in [6.07, 6.45) is 3.38. The summed E-state index contributed by atoms with van der Waals surface area (Å²) < 4.78 is 0. The molecule has 5 nitrogen and oxygen atoms in total. The molecule has 1 N–H and O–H groups in total. The number of fused-ring (bicyclic) bond motifs is 1. The van der Waals surface area contributed by atoms with Crippen LogP contribution in [0.1, 0.15) is 37.9 Å². The summed E-state index contributed by atoms with van der Waals surface area (Å²) in [6.45, 7) is 5.72. The second-order valence-electron chi connectivity index (χ2n) is 6.86. The first-order chi connectivity index (χ1) is 11.2. The van der Waals surface area contributed by atoms with E-state index in [0.717, 1.165) is 55.9 Å². The van der Waals surface area contributed by atoms with Gasteiger partial charge >= 0.3 is 0 Å². The van der Waals surface area contributed by atoms with Gasteiger partial charge in [-0.25, -0.2) is 4.98 Å². The van der Waals surface area contributed by atoms with Crippen molar-refractivity contribution < 1.29 is 4.79 Å². The minimum Gasteiger partial charge on any atom is -0.343 e. The van der Waals surface area contributed by atoms with Gasteiger partial charge in [0, 0.05) is 38.5 Å². The summed E-state index contributed by atoms with van der Waals surface area (Å²) >= 11 is 0. The Morgan fingerprint density at radius 3 is 2.70 bits per heavy atom. The number of aromatic amines is 1. The monoisotopic (exact) mass is 312 g/mol. The number of nitrogens with one attached hydrogen (secondary N) is 1. The maximum atomic E-state index is 11.4. The number of imidazole rings is 1. The van der Waals surface area contributed by atoms with E-state index in [4.69, 9.17) is 4.98 Å². The molecule has 1 aromatic heterocycles. The molecular weight excluding hydrogens is 288 g/mol. The molecule has 3 heterocycles. The van der Waals surface area contributed by atoms with Crippen LogP contribution in [0.15, 0.2) is 24.3 Å². The second kappa shape index (κ2) is 5.96. The van der Waals surface area contributed by atoms with Gasteiger partial charge in [0.2, 0.25) is 5.91 Å². The Hall–Kier alpha value is -1.88. The predicted octanol–water partition coefficient (Wildman–Crippen LogP) is 2.36. The van der Waals surface area contributed by atoms with E-state index < -0.39 is 0 Å². The highest BCUT2D eigenvalue weighted by atomic mass is 16.2. The smallest absolute Gasteiger partial charge is 0.219 e.